The van der Waals surface area contributed by atoms with Crippen LogP contribution in [0.25, 0.3) is 0 Å². The Morgan fingerprint density at radius 3 is 2.64 bits per heavy atom. The summed E-state index contributed by atoms with van der Waals surface area (Å²) in [5.41, 5.74) is 0. The Balaban J connectivity index is 2.54. The molecule has 0 spiro atoms. The molecule has 1 rings (SSSR count). The molecular formula is C18H17ClO2S. The summed E-state index contributed by atoms with van der Waals surface area (Å²) in [4.78, 5) is 13.3. The van der Waals surface area contributed by atoms with Crippen LogP contribution in [-0.2, 0) is 9.53 Å². The summed E-state index contributed by atoms with van der Waals surface area (Å²) < 4.78 is 5.11. The van der Waals surface area contributed by atoms with Gasteiger partial charge in [0.15, 0.2) is 0 Å². The summed E-state index contributed by atoms with van der Waals surface area (Å²) in [6.45, 7) is 5.61. The number of esters is 1. The Bertz CT molecular complexity index is 686. The highest BCUT2D eigenvalue weighted by molar-refractivity contribution is 7.13. The van der Waals surface area contributed by atoms with Crippen molar-refractivity contribution in [3.63, 3.8) is 0 Å². The number of carbonyl (C=O) groups is 1. The number of hydrogen-bond donors (Lipinski definition) is 0. The van der Waals surface area contributed by atoms with Gasteiger partial charge in [-0.25, -0.2) is 0 Å². The molecule has 0 aliphatic heterocycles. The van der Waals surface area contributed by atoms with Crippen LogP contribution in [0, 0.1) is 41.4 Å². The summed E-state index contributed by atoms with van der Waals surface area (Å²) in [5.74, 6) is 16.6. The van der Waals surface area contributed by atoms with Gasteiger partial charge in [0.25, 0.3) is 0 Å². The fourth-order valence-corrected chi connectivity index (χ4v) is 2.12. The highest BCUT2D eigenvalue weighted by atomic mass is 35.5. The molecule has 1 aromatic heterocycles. The van der Waals surface area contributed by atoms with E-state index in [0.717, 1.165) is 16.2 Å². The van der Waals surface area contributed by atoms with E-state index in [2.05, 4.69) is 35.5 Å². The number of hydrogen-bond acceptors (Lipinski definition) is 3. The molecule has 0 bridgehead atoms. The van der Waals surface area contributed by atoms with Crippen LogP contribution in [0.2, 0.25) is 0 Å². The third-order valence-electron chi connectivity index (χ3n) is 2.72. The van der Waals surface area contributed by atoms with Crippen molar-refractivity contribution in [1.82, 2.24) is 0 Å². The first-order valence-corrected chi connectivity index (χ1v) is 8.17. The van der Waals surface area contributed by atoms with Gasteiger partial charge < -0.3 is 4.74 Å². The Kier molecular flexibility index (Phi) is 8.24. The molecule has 4 heteroatoms. The average Bonchev–Trinajstić information content (AvgIpc) is 2.97. The maximum atomic E-state index is 11.5. The summed E-state index contributed by atoms with van der Waals surface area (Å²) in [7, 11) is 0. The minimum Gasteiger partial charge on any atom is -0.463 e. The van der Waals surface area contributed by atoms with Crippen LogP contribution in [0.4, 0.5) is 0 Å². The van der Waals surface area contributed by atoms with Crippen LogP contribution >= 0.6 is 22.9 Å². The Hall–Kier alpha value is -1.86. The maximum Gasteiger partial charge on any atom is 0.308 e. The Labute approximate surface area is 141 Å². The van der Waals surface area contributed by atoms with Crippen molar-refractivity contribution in [2.45, 2.75) is 32.6 Å². The minimum atomic E-state index is -0.518. The molecule has 0 unspecified atom stereocenters. The van der Waals surface area contributed by atoms with Crippen molar-refractivity contribution < 1.29 is 9.53 Å². The zero-order chi connectivity index (χ0) is 16.4. The molecular weight excluding hydrogens is 316 g/mol. The van der Waals surface area contributed by atoms with Crippen LogP contribution < -0.4 is 0 Å². The van der Waals surface area contributed by atoms with Gasteiger partial charge in [-0.05, 0) is 43.2 Å². The molecule has 0 aliphatic rings. The highest BCUT2D eigenvalue weighted by Crippen LogP contribution is 2.14. The molecule has 0 saturated heterocycles. The lowest BCUT2D eigenvalue weighted by atomic mass is 10.1. The molecule has 0 fully saturated rings. The van der Waals surface area contributed by atoms with Gasteiger partial charge in [-0.15, -0.1) is 22.9 Å². The fraction of sp³-hybridized carbons (Fsp3) is 0.389. The molecule has 0 aromatic carbocycles. The van der Waals surface area contributed by atoms with E-state index in [-0.39, 0.29) is 18.5 Å². The Morgan fingerprint density at radius 1 is 1.32 bits per heavy atom. The van der Waals surface area contributed by atoms with E-state index in [1.165, 1.54) is 11.3 Å². The van der Waals surface area contributed by atoms with Crippen molar-refractivity contribution in [3.05, 3.63) is 21.9 Å². The van der Waals surface area contributed by atoms with Crippen molar-refractivity contribution in [1.29, 1.82) is 0 Å². The van der Waals surface area contributed by atoms with Crippen molar-refractivity contribution in [2.75, 3.05) is 6.61 Å². The zero-order valence-electron chi connectivity index (χ0n) is 12.8. The smallest absolute Gasteiger partial charge is 0.308 e. The van der Waals surface area contributed by atoms with Gasteiger partial charge in [-0.1, -0.05) is 31.6 Å². The normalized spacial score (nSPS) is 11.6. The topological polar surface area (TPSA) is 26.3 Å². The molecule has 22 heavy (non-hydrogen) atoms. The van der Waals surface area contributed by atoms with Crippen molar-refractivity contribution >= 4 is 28.9 Å². The lowest BCUT2D eigenvalue weighted by Crippen LogP contribution is -2.18. The van der Waals surface area contributed by atoms with E-state index in [1.54, 1.807) is 6.92 Å². The fourth-order valence-electron chi connectivity index (χ4n) is 1.28. The predicted octanol–water partition coefficient (Wildman–Crippen LogP) is 3.67. The lowest BCUT2D eigenvalue weighted by molar-refractivity contribution is -0.147. The molecule has 0 radical (unpaired) electrons. The second-order valence-electron chi connectivity index (χ2n) is 4.47. The summed E-state index contributed by atoms with van der Waals surface area (Å²) in [5, 5.41) is -0.518. The Morgan fingerprint density at radius 2 is 2.00 bits per heavy atom. The second kappa shape index (κ2) is 9.97. The standard InChI is InChI=1S/C18H17ClO2S/c1-4-6-7-8-16-11-12-17(22-16)10-9-15(19)13-21-18(20)14(3)5-2/h11-12,14-15H,5,13H2,1-3H3/t14-,15+/m1/s1. The van der Waals surface area contributed by atoms with Gasteiger partial charge in [-0.3, -0.25) is 4.79 Å². The van der Waals surface area contributed by atoms with E-state index in [1.807, 2.05) is 26.0 Å². The van der Waals surface area contributed by atoms with Gasteiger partial charge in [0.05, 0.1) is 15.7 Å². The average molecular weight is 333 g/mol. The van der Waals surface area contributed by atoms with Crippen LogP contribution in [-0.4, -0.2) is 18.0 Å². The molecule has 0 saturated carbocycles. The molecule has 0 amide bonds. The number of rotatable bonds is 4. The van der Waals surface area contributed by atoms with E-state index >= 15 is 0 Å². The molecule has 1 aromatic rings. The zero-order valence-corrected chi connectivity index (χ0v) is 14.4. The third-order valence-corrected chi connectivity index (χ3v) is 3.87. The van der Waals surface area contributed by atoms with E-state index < -0.39 is 5.38 Å². The quantitative estimate of drug-likeness (QED) is 0.478. The van der Waals surface area contributed by atoms with Crippen molar-refractivity contribution in [2.24, 2.45) is 5.92 Å². The molecule has 2 nitrogen and oxygen atoms in total. The van der Waals surface area contributed by atoms with Gasteiger partial charge >= 0.3 is 5.97 Å². The first kappa shape index (κ1) is 18.2. The first-order valence-electron chi connectivity index (χ1n) is 6.91. The second-order valence-corrected chi connectivity index (χ2v) is 6.08. The summed E-state index contributed by atoms with van der Waals surface area (Å²) >= 11 is 7.52. The minimum absolute atomic E-state index is 0.0991. The van der Waals surface area contributed by atoms with E-state index in [4.69, 9.17) is 16.3 Å². The monoisotopic (exact) mass is 332 g/mol. The van der Waals surface area contributed by atoms with Gasteiger partial charge in [0.2, 0.25) is 0 Å². The molecule has 1 heterocycles. The third kappa shape index (κ3) is 6.73. The SMILES string of the molecule is CC#CC#Cc1ccc(C#C[C@H](Cl)COC(=O)[C@H](C)CC)s1. The first-order chi connectivity index (χ1) is 10.6. The van der Waals surface area contributed by atoms with Crippen LogP contribution in [0.3, 0.4) is 0 Å². The number of ether oxygens (including phenoxy) is 1. The number of thiophene rings is 1. The number of carbonyl (C=O) groups excluding carboxylic acids is 1. The van der Waals surface area contributed by atoms with Crippen LogP contribution in [0.5, 0.6) is 0 Å². The van der Waals surface area contributed by atoms with Gasteiger partial charge in [-0.2, -0.15) is 0 Å². The van der Waals surface area contributed by atoms with Crippen molar-refractivity contribution in [3.8, 4) is 35.5 Å². The van der Waals surface area contributed by atoms with E-state index in [0.29, 0.717) is 0 Å². The molecule has 2 atom stereocenters. The van der Waals surface area contributed by atoms with Crippen LogP contribution in [0.1, 0.15) is 36.9 Å². The van der Waals surface area contributed by atoms with E-state index in [9.17, 15) is 4.79 Å². The number of halogens is 1. The largest absolute Gasteiger partial charge is 0.463 e. The number of alkyl halides is 1. The highest BCUT2D eigenvalue weighted by Gasteiger charge is 2.13. The van der Waals surface area contributed by atoms with Gasteiger partial charge in [0, 0.05) is 0 Å². The maximum absolute atomic E-state index is 11.5. The molecule has 0 N–H and O–H groups in total. The molecule has 114 valence electrons. The predicted molar refractivity (Wildman–Crippen MR) is 91.6 cm³/mol. The lowest BCUT2D eigenvalue weighted by Gasteiger charge is -2.09. The van der Waals surface area contributed by atoms with Gasteiger partial charge in [0.1, 0.15) is 12.0 Å². The summed E-state index contributed by atoms with van der Waals surface area (Å²) in [6, 6.07) is 3.78. The van der Waals surface area contributed by atoms with Crippen LogP contribution in [0.15, 0.2) is 12.1 Å². The summed E-state index contributed by atoms with van der Waals surface area (Å²) in [6.07, 6.45) is 0.749. The molecule has 0 aliphatic carbocycles.